The summed E-state index contributed by atoms with van der Waals surface area (Å²) in [5, 5.41) is 12.2. The number of carbonyl (C=O) groups excluding carboxylic acids is 1. The second-order valence-electron chi connectivity index (χ2n) is 8.68. The summed E-state index contributed by atoms with van der Waals surface area (Å²) < 4.78 is 65.7. The highest BCUT2D eigenvalue weighted by Crippen LogP contribution is 2.43. The van der Waals surface area contributed by atoms with Gasteiger partial charge in [0, 0.05) is 11.8 Å². The van der Waals surface area contributed by atoms with E-state index >= 15 is 0 Å². The molecule has 36 heavy (non-hydrogen) atoms. The number of benzene rings is 2. The molecular formula is C26H21F5N2O3. The molecule has 1 fully saturated rings. The lowest BCUT2D eigenvalue weighted by molar-refractivity contribution is -0.148. The van der Waals surface area contributed by atoms with Crippen LogP contribution in [0.25, 0.3) is 11.1 Å². The number of pyridine rings is 1. The molecule has 1 saturated carbocycles. The molecule has 2 aromatic carbocycles. The van der Waals surface area contributed by atoms with Crippen molar-refractivity contribution in [2.75, 3.05) is 5.32 Å². The molecule has 0 saturated heterocycles. The van der Waals surface area contributed by atoms with Crippen LogP contribution < -0.4 is 5.32 Å². The molecule has 3 aromatic rings. The molecule has 1 aromatic heterocycles. The monoisotopic (exact) mass is 504 g/mol. The summed E-state index contributed by atoms with van der Waals surface area (Å²) in [6, 6.07) is 11.5. The van der Waals surface area contributed by atoms with E-state index < -0.39 is 58.8 Å². The van der Waals surface area contributed by atoms with E-state index in [0.29, 0.717) is 30.0 Å². The molecule has 0 radical (unpaired) electrons. The second-order valence-corrected chi connectivity index (χ2v) is 8.68. The molecule has 188 valence electrons. The van der Waals surface area contributed by atoms with Crippen LogP contribution in [0, 0.1) is 23.6 Å². The molecule has 4 rings (SSSR count). The lowest BCUT2D eigenvalue weighted by Crippen LogP contribution is -2.40. The van der Waals surface area contributed by atoms with E-state index in [-0.39, 0.29) is 12.5 Å². The number of amides is 1. The van der Waals surface area contributed by atoms with Gasteiger partial charge in [0.25, 0.3) is 0 Å². The lowest BCUT2D eigenvalue weighted by Gasteiger charge is -2.35. The highest BCUT2D eigenvalue weighted by atomic mass is 19.4. The average molecular weight is 504 g/mol. The highest BCUT2D eigenvalue weighted by molar-refractivity contribution is 5.95. The van der Waals surface area contributed by atoms with Gasteiger partial charge in [-0.25, -0.2) is 9.37 Å². The number of alkyl halides is 3. The molecule has 0 bridgehead atoms. The minimum absolute atomic E-state index is 0.237. The summed E-state index contributed by atoms with van der Waals surface area (Å²) in [7, 11) is 0. The first-order valence-electron chi connectivity index (χ1n) is 11.2. The Morgan fingerprint density at radius 2 is 1.64 bits per heavy atom. The smallest absolute Gasteiger partial charge is 0.416 e. The quantitative estimate of drug-likeness (QED) is 0.317. The predicted octanol–water partition coefficient (Wildman–Crippen LogP) is 6.27. The van der Waals surface area contributed by atoms with E-state index in [1.807, 2.05) is 0 Å². The number of aliphatic carboxylic acids is 1. The van der Waals surface area contributed by atoms with E-state index in [4.69, 9.17) is 0 Å². The topological polar surface area (TPSA) is 79.3 Å². The summed E-state index contributed by atoms with van der Waals surface area (Å²) >= 11 is 0. The van der Waals surface area contributed by atoms with Gasteiger partial charge in [-0.1, -0.05) is 30.7 Å². The molecule has 1 heterocycles. The van der Waals surface area contributed by atoms with Gasteiger partial charge >= 0.3 is 12.1 Å². The maximum absolute atomic E-state index is 14.2. The van der Waals surface area contributed by atoms with Crippen LogP contribution in [0.2, 0.25) is 0 Å². The number of carbonyl (C=O) groups is 2. The van der Waals surface area contributed by atoms with Crippen molar-refractivity contribution in [3.63, 3.8) is 0 Å². The fourth-order valence-electron chi connectivity index (χ4n) is 4.70. The molecule has 2 N–H and O–H groups in total. The Labute approximate surface area is 203 Å². The first-order chi connectivity index (χ1) is 17.0. The maximum Gasteiger partial charge on any atom is 0.416 e. The Balaban J connectivity index is 1.55. The number of carboxylic acid groups (broad SMARTS) is 1. The number of rotatable bonds is 5. The molecule has 5 nitrogen and oxygen atoms in total. The summed E-state index contributed by atoms with van der Waals surface area (Å²) in [6.45, 7) is 0. The van der Waals surface area contributed by atoms with Crippen molar-refractivity contribution in [3.05, 3.63) is 83.7 Å². The number of hydrogen-bond acceptors (Lipinski definition) is 3. The van der Waals surface area contributed by atoms with Crippen LogP contribution in [0.4, 0.5) is 27.6 Å². The first-order valence-corrected chi connectivity index (χ1v) is 11.2. The molecule has 3 atom stereocenters. The average Bonchev–Trinajstić information content (AvgIpc) is 2.84. The molecule has 0 aliphatic heterocycles. The fraction of sp³-hybridized carbons (Fsp3) is 0.269. The standard InChI is InChI=1S/C26H21F5N2O3/c27-20-12-17(26(29,30)31)9-10-21(20)33-24(34)19-3-1-2-18(23(19)25(35)36)15-6-4-14(5-7-15)16-8-11-22(28)32-13-16/h4-13,18-19,23H,1-3H2,(H,33,34)(H,35,36)/t18-,19-,23-/m1/s1. The van der Waals surface area contributed by atoms with E-state index in [1.165, 1.54) is 12.3 Å². The first kappa shape index (κ1) is 25.3. The maximum atomic E-state index is 14.2. The predicted molar refractivity (Wildman–Crippen MR) is 121 cm³/mol. The summed E-state index contributed by atoms with van der Waals surface area (Å²) in [5.41, 5.74) is 0.480. The Hall–Kier alpha value is -3.82. The molecule has 10 heteroatoms. The Kier molecular flexibility index (Phi) is 7.05. The summed E-state index contributed by atoms with van der Waals surface area (Å²) in [6.07, 6.45) is -2.08. The van der Waals surface area contributed by atoms with Gasteiger partial charge in [0.2, 0.25) is 11.9 Å². The van der Waals surface area contributed by atoms with Crippen molar-refractivity contribution in [1.29, 1.82) is 0 Å². The van der Waals surface area contributed by atoms with Crippen LogP contribution in [0.3, 0.4) is 0 Å². The molecule has 1 amide bonds. The van der Waals surface area contributed by atoms with Gasteiger partial charge in [-0.05, 0) is 60.2 Å². The second kappa shape index (κ2) is 10.0. The molecule has 1 aliphatic carbocycles. The van der Waals surface area contributed by atoms with Crippen molar-refractivity contribution >= 4 is 17.6 Å². The number of hydrogen-bond donors (Lipinski definition) is 2. The van der Waals surface area contributed by atoms with Gasteiger partial charge in [0.15, 0.2) is 0 Å². The van der Waals surface area contributed by atoms with Gasteiger partial charge in [-0.3, -0.25) is 9.59 Å². The zero-order chi connectivity index (χ0) is 26.0. The van der Waals surface area contributed by atoms with Crippen molar-refractivity contribution in [3.8, 4) is 11.1 Å². The van der Waals surface area contributed by atoms with Crippen molar-refractivity contribution in [2.45, 2.75) is 31.4 Å². The number of nitrogens with zero attached hydrogens (tertiary/aromatic N) is 1. The normalized spacial score (nSPS) is 20.1. The van der Waals surface area contributed by atoms with Crippen LogP contribution in [-0.2, 0) is 15.8 Å². The third-order valence-corrected chi connectivity index (χ3v) is 6.47. The number of carboxylic acids is 1. The van der Waals surface area contributed by atoms with E-state index in [9.17, 15) is 36.6 Å². The van der Waals surface area contributed by atoms with Crippen LogP contribution >= 0.6 is 0 Å². The van der Waals surface area contributed by atoms with Crippen LogP contribution in [-0.4, -0.2) is 22.0 Å². The molecule has 1 aliphatic rings. The van der Waals surface area contributed by atoms with E-state index in [2.05, 4.69) is 10.3 Å². The van der Waals surface area contributed by atoms with Crippen LogP contribution in [0.5, 0.6) is 0 Å². The van der Waals surface area contributed by atoms with Gasteiger partial charge in [-0.15, -0.1) is 0 Å². The van der Waals surface area contributed by atoms with Gasteiger partial charge in [0.05, 0.1) is 23.1 Å². The molecular weight excluding hydrogens is 483 g/mol. The van der Waals surface area contributed by atoms with Gasteiger partial charge < -0.3 is 10.4 Å². The minimum atomic E-state index is -4.74. The number of halogens is 5. The third kappa shape index (κ3) is 5.37. The lowest BCUT2D eigenvalue weighted by atomic mass is 9.69. The van der Waals surface area contributed by atoms with Crippen LogP contribution in [0.15, 0.2) is 60.8 Å². The number of aromatic nitrogens is 1. The number of nitrogens with one attached hydrogen (secondary N) is 1. The largest absolute Gasteiger partial charge is 0.481 e. The van der Waals surface area contributed by atoms with Gasteiger partial charge in [-0.2, -0.15) is 17.6 Å². The summed E-state index contributed by atoms with van der Waals surface area (Å²) in [4.78, 5) is 28.8. The molecule has 0 spiro atoms. The van der Waals surface area contributed by atoms with Crippen LogP contribution in [0.1, 0.15) is 36.3 Å². The summed E-state index contributed by atoms with van der Waals surface area (Å²) in [5.74, 6) is -6.46. The third-order valence-electron chi connectivity index (χ3n) is 6.47. The van der Waals surface area contributed by atoms with Crippen molar-refractivity contribution in [2.24, 2.45) is 11.8 Å². The zero-order valence-electron chi connectivity index (χ0n) is 18.7. The van der Waals surface area contributed by atoms with Gasteiger partial charge in [0.1, 0.15) is 5.82 Å². The Morgan fingerprint density at radius 3 is 2.22 bits per heavy atom. The minimum Gasteiger partial charge on any atom is -0.481 e. The molecule has 0 unspecified atom stereocenters. The van der Waals surface area contributed by atoms with Crippen molar-refractivity contribution in [1.82, 2.24) is 4.98 Å². The SMILES string of the molecule is O=C(O)[C@@H]1[C@@H](c2ccc(-c3ccc(F)nc3)cc2)CCC[C@H]1C(=O)Nc1ccc(C(F)(F)F)cc1F. The van der Waals surface area contributed by atoms with E-state index in [1.54, 1.807) is 30.3 Å². The van der Waals surface area contributed by atoms with E-state index in [0.717, 1.165) is 11.6 Å². The van der Waals surface area contributed by atoms with Crippen molar-refractivity contribution < 1.29 is 36.6 Å². The Morgan fingerprint density at radius 1 is 0.944 bits per heavy atom. The highest BCUT2D eigenvalue weighted by Gasteiger charge is 2.43. The zero-order valence-corrected chi connectivity index (χ0v) is 18.7. The Bertz CT molecular complexity index is 1260. The number of anilines is 1. The fourth-order valence-corrected chi connectivity index (χ4v) is 4.70.